The smallest absolute Gasteiger partial charge is 0.240 e. The van der Waals surface area contributed by atoms with Crippen molar-refractivity contribution in [3.05, 3.63) is 21.7 Å². The summed E-state index contributed by atoms with van der Waals surface area (Å²) in [6.07, 6.45) is 0.666. The molecule has 0 saturated carbocycles. The molecule has 0 aromatic carbocycles. The van der Waals surface area contributed by atoms with Crippen molar-refractivity contribution in [1.82, 2.24) is 25.2 Å². The van der Waals surface area contributed by atoms with E-state index in [1.807, 2.05) is 14.0 Å². The van der Waals surface area contributed by atoms with Gasteiger partial charge < -0.3 is 9.26 Å². The monoisotopic (exact) mass is 283 g/mol. The van der Waals surface area contributed by atoms with E-state index in [-0.39, 0.29) is 0 Å². The number of nitrogens with zero attached hydrogens (tertiary/aromatic N) is 5. The zero-order valence-electron chi connectivity index (χ0n) is 11.3. The fraction of sp³-hybridized carbons (Fsp3) is 0.636. The summed E-state index contributed by atoms with van der Waals surface area (Å²) in [7, 11) is 3.63. The van der Waals surface area contributed by atoms with Crippen LogP contribution >= 0.6 is 11.3 Å². The predicted octanol–water partition coefficient (Wildman–Crippen LogP) is 1.05. The summed E-state index contributed by atoms with van der Waals surface area (Å²) < 4.78 is 10.2. The highest BCUT2D eigenvalue weighted by molar-refractivity contribution is 7.11. The van der Waals surface area contributed by atoms with Gasteiger partial charge in [0.1, 0.15) is 10.0 Å². The van der Waals surface area contributed by atoms with Crippen LogP contribution in [0.4, 0.5) is 0 Å². The highest BCUT2D eigenvalue weighted by atomic mass is 32.1. The van der Waals surface area contributed by atoms with E-state index in [9.17, 15) is 0 Å². The number of aromatic nitrogens is 4. The van der Waals surface area contributed by atoms with Crippen molar-refractivity contribution in [2.45, 2.75) is 26.4 Å². The molecule has 2 heterocycles. The molecule has 8 heteroatoms. The minimum atomic E-state index is 0.596. The molecule has 0 aliphatic rings. The molecular weight excluding hydrogens is 266 g/mol. The van der Waals surface area contributed by atoms with Crippen molar-refractivity contribution in [1.29, 1.82) is 0 Å². The quantitative estimate of drug-likeness (QED) is 0.751. The Morgan fingerprint density at radius 1 is 1.32 bits per heavy atom. The van der Waals surface area contributed by atoms with Crippen LogP contribution in [0.2, 0.25) is 0 Å². The molecule has 0 radical (unpaired) electrons. The van der Waals surface area contributed by atoms with E-state index in [1.165, 1.54) is 0 Å². The Morgan fingerprint density at radius 2 is 2.16 bits per heavy atom. The van der Waals surface area contributed by atoms with Crippen LogP contribution in [-0.4, -0.2) is 46.0 Å². The maximum Gasteiger partial charge on any atom is 0.240 e. The van der Waals surface area contributed by atoms with E-state index in [0.29, 0.717) is 31.3 Å². The van der Waals surface area contributed by atoms with Crippen LogP contribution in [0.25, 0.3) is 0 Å². The van der Waals surface area contributed by atoms with Gasteiger partial charge in [-0.1, -0.05) is 5.16 Å². The van der Waals surface area contributed by atoms with Gasteiger partial charge in [0.05, 0.1) is 19.7 Å². The van der Waals surface area contributed by atoms with E-state index >= 15 is 0 Å². The first kappa shape index (κ1) is 14.0. The second-order valence-corrected chi connectivity index (χ2v) is 5.50. The topological polar surface area (TPSA) is 77.2 Å². The van der Waals surface area contributed by atoms with Crippen molar-refractivity contribution >= 4 is 11.3 Å². The van der Waals surface area contributed by atoms with Crippen LogP contribution < -0.4 is 0 Å². The van der Waals surface area contributed by atoms with Crippen LogP contribution in [0.3, 0.4) is 0 Å². The van der Waals surface area contributed by atoms with Gasteiger partial charge in [-0.3, -0.25) is 4.90 Å². The van der Waals surface area contributed by atoms with Gasteiger partial charge in [0.2, 0.25) is 5.89 Å². The van der Waals surface area contributed by atoms with Crippen LogP contribution in [-0.2, 0) is 24.2 Å². The van der Waals surface area contributed by atoms with Crippen molar-refractivity contribution in [3.63, 3.8) is 0 Å². The molecule has 0 aliphatic carbocycles. The summed E-state index contributed by atoms with van der Waals surface area (Å²) >= 11 is 1.60. The van der Waals surface area contributed by atoms with Gasteiger partial charge in [-0.15, -0.1) is 21.5 Å². The Bertz CT molecular complexity index is 513. The summed E-state index contributed by atoms with van der Waals surface area (Å²) in [5.74, 6) is 1.28. The summed E-state index contributed by atoms with van der Waals surface area (Å²) in [6.45, 7) is 3.86. The summed E-state index contributed by atoms with van der Waals surface area (Å²) in [4.78, 5) is 6.37. The maximum absolute atomic E-state index is 5.18. The first-order valence-corrected chi connectivity index (χ1v) is 6.77. The lowest BCUT2D eigenvalue weighted by Gasteiger charge is -2.10. The number of aryl methyl sites for hydroxylation is 1. The molecule has 19 heavy (non-hydrogen) atoms. The summed E-state index contributed by atoms with van der Waals surface area (Å²) in [6, 6.07) is 0. The number of hydrogen-bond acceptors (Lipinski definition) is 8. The lowest BCUT2D eigenvalue weighted by Crippen LogP contribution is -2.17. The Hall–Kier alpha value is -1.38. The van der Waals surface area contributed by atoms with Gasteiger partial charge in [-0.2, -0.15) is 4.98 Å². The Morgan fingerprint density at radius 3 is 2.84 bits per heavy atom. The molecule has 0 spiro atoms. The van der Waals surface area contributed by atoms with Crippen molar-refractivity contribution in [3.8, 4) is 0 Å². The van der Waals surface area contributed by atoms with Crippen molar-refractivity contribution in [2.24, 2.45) is 0 Å². The number of rotatable bonds is 7. The second kappa shape index (κ2) is 6.69. The molecule has 0 N–H and O–H groups in total. The average Bonchev–Trinajstić information content (AvgIpc) is 2.96. The minimum absolute atomic E-state index is 0.596. The van der Waals surface area contributed by atoms with Gasteiger partial charge in [0.25, 0.3) is 0 Å². The highest BCUT2D eigenvalue weighted by Gasteiger charge is 2.11. The van der Waals surface area contributed by atoms with Crippen molar-refractivity contribution in [2.75, 3.05) is 20.8 Å². The lowest BCUT2D eigenvalue weighted by atomic mass is 10.4. The lowest BCUT2D eigenvalue weighted by molar-refractivity contribution is 0.199. The molecule has 0 amide bonds. The second-order valence-electron chi connectivity index (χ2n) is 4.23. The van der Waals surface area contributed by atoms with Gasteiger partial charge in [0.15, 0.2) is 5.82 Å². The molecule has 7 nitrogen and oxygen atoms in total. The summed E-state index contributed by atoms with van der Waals surface area (Å²) in [5.41, 5.74) is 0. The molecule has 2 aromatic rings. The molecule has 0 saturated heterocycles. The largest absolute Gasteiger partial charge is 0.384 e. The first-order valence-electron chi connectivity index (χ1n) is 5.95. The Balaban J connectivity index is 1.84. The molecular formula is C11H17N5O2S. The molecule has 0 aliphatic heterocycles. The fourth-order valence-electron chi connectivity index (χ4n) is 1.57. The molecule has 2 rings (SSSR count). The van der Waals surface area contributed by atoms with Crippen molar-refractivity contribution < 1.29 is 9.26 Å². The first-order chi connectivity index (χ1) is 9.17. The zero-order valence-corrected chi connectivity index (χ0v) is 12.1. The van der Waals surface area contributed by atoms with Gasteiger partial charge in [-0.25, -0.2) is 0 Å². The van der Waals surface area contributed by atoms with Gasteiger partial charge >= 0.3 is 0 Å². The molecule has 104 valence electrons. The standard InChI is InChI=1S/C11H17N5O2S/c1-8-13-14-11(19-8)7-16(2)6-10-12-9(15-18-10)4-5-17-3/h4-7H2,1-3H3. The predicted molar refractivity (Wildman–Crippen MR) is 69.7 cm³/mol. The van der Waals surface area contributed by atoms with E-state index in [0.717, 1.165) is 16.6 Å². The zero-order chi connectivity index (χ0) is 13.7. The van der Waals surface area contributed by atoms with Crippen LogP contribution in [0.15, 0.2) is 4.52 Å². The molecule has 0 fully saturated rings. The summed E-state index contributed by atoms with van der Waals surface area (Å²) in [5, 5.41) is 13.9. The Kier molecular flexibility index (Phi) is 4.94. The maximum atomic E-state index is 5.18. The third-order valence-electron chi connectivity index (χ3n) is 2.42. The molecule has 0 unspecified atom stereocenters. The van der Waals surface area contributed by atoms with E-state index in [1.54, 1.807) is 18.4 Å². The van der Waals surface area contributed by atoms with Crippen LogP contribution in [0.1, 0.15) is 21.7 Å². The fourth-order valence-corrected chi connectivity index (χ4v) is 2.36. The molecule has 0 atom stereocenters. The number of hydrogen-bond donors (Lipinski definition) is 0. The molecule has 2 aromatic heterocycles. The third kappa shape index (κ3) is 4.34. The van der Waals surface area contributed by atoms with Gasteiger partial charge in [-0.05, 0) is 14.0 Å². The van der Waals surface area contributed by atoms with E-state index < -0.39 is 0 Å². The Labute approximate surface area is 115 Å². The average molecular weight is 283 g/mol. The number of ether oxygens (including phenoxy) is 1. The normalized spacial score (nSPS) is 11.4. The van der Waals surface area contributed by atoms with E-state index in [4.69, 9.17) is 9.26 Å². The third-order valence-corrected chi connectivity index (χ3v) is 3.24. The molecule has 0 bridgehead atoms. The highest BCUT2D eigenvalue weighted by Crippen LogP contribution is 2.11. The SMILES string of the molecule is COCCc1noc(CN(C)Cc2nnc(C)s2)n1. The van der Waals surface area contributed by atoms with Gasteiger partial charge in [0, 0.05) is 13.5 Å². The van der Waals surface area contributed by atoms with E-state index in [2.05, 4.69) is 25.2 Å². The number of methoxy groups -OCH3 is 1. The van der Waals surface area contributed by atoms with Crippen LogP contribution in [0, 0.1) is 6.92 Å². The minimum Gasteiger partial charge on any atom is -0.384 e. The van der Waals surface area contributed by atoms with Crippen LogP contribution in [0.5, 0.6) is 0 Å².